The second kappa shape index (κ2) is 10.1. The van der Waals surface area contributed by atoms with Gasteiger partial charge in [-0.3, -0.25) is 4.79 Å². The van der Waals surface area contributed by atoms with Crippen molar-refractivity contribution in [2.24, 2.45) is 0 Å². The van der Waals surface area contributed by atoms with E-state index < -0.39 is 6.04 Å². The van der Waals surface area contributed by atoms with E-state index in [0.717, 1.165) is 31.5 Å². The Balaban J connectivity index is 1.54. The maximum atomic E-state index is 12.9. The molecule has 1 aromatic heterocycles. The average Bonchev–Trinajstić information content (AvgIpc) is 3.15. The Bertz CT molecular complexity index is 964. The van der Waals surface area contributed by atoms with Crippen LogP contribution in [0.2, 0.25) is 0 Å². The van der Waals surface area contributed by atoms with Gasteiger partial charge in [-0.2, -0.15) is 0 Å². The number of methoxy groups -OCH3 is 1. The Morgan fingerprint density at radius 1 is 1.03 bits per heavy atom. The molecular formula is C24H28N4O3. The summed E-state index contributed by atoms with van der Waals surface area (Å²) in [5.41, 5.74) is 1.63. The van der Waals surface area contributed by atoms with Crippen LogP contribution in [-0.2, 0) is 6.42 Å². The summed E-state index contributed by atoms with van der Waals surface area (Å²) in [6, 6.07) is 17.1. The number of aromatic nitrogens is 2. The molecule has 0 unspecified atom stereocenters. The summed E-state index contributed by atoms with van der Waals surface area (Å²) in [5, 5.41) is 11.7. The van der Waals surface area contributed by atoms with Crippen LogP contribution in [0.3, 0.4) is 0 Å². The highest BCUT2D eigenvalue weighted by atomic mass is 16.5. The summed E-state index contributed by atoms with van der Waals surface area (Å²) < 4.78 is 11.2. The Morgan fingerprint density at radius 2 is 1.74 bits per heavy atom. The first-order chi connectivity index (χ1) is 15.2. The fourth-order valence-electron chi connectivity index (χ4n) is 3.79. The molecule has 0 spiro atoms. The third-order valence-electron chi connectivity index (χ3n) is 5.54. The molecule has 0 bridgehead atoms. The smallest absolute Gasteiger partial charge is 0.318 e. The lowest BCUT2D eigenvalue weighted by Crippen LogP contribution is -2.30. The number of ether oxygens (including phenoxy) is 1. The average molecular weight is 421 g/mol. The third kappa shape index (κ3) is 5.42. The molecule has 1 fully saturated rings. The van der Waals surface area contributed by atoms with E-state index in [0.29, 0.717) is 29.6 Å². The summed E-state index contributed by atoms with van der Waals surface area (Å²) in [5.74, 6) is 0.930. The zero-order chi connectivity index (χ0) is 21.5. The van der Waals surface area contributed by atoms with Crippen LogP contribution in [-0.4, -0.2) is 36.3 Å². The summed E-state index contributed by atoms with van der Waals surface area (Å²) in [6.07, 6.45) is 5.27. The molecule has 1 saturated heterocycles. The minimum absolute atomic E-state index is 0.196. The SMILES string of the molecule is COc1ccc(C(=O)N[C@H](Cc2ccccc2)c2nnc(N3CCCCCC3)o2)cc1. The molecule has 1 aliphatic rings. The van der Waals surface area contributed by atoms with Crippen molar-refractivity contribution in [1.82, 2.24) is 15.5 Å². The van der Waals surface area contributed by atoms with Gasteiger partial charge in [0.25, 0.3) is 5.91 Å². The zero-order valence-electron chi connectivity index (χ0n) is 17.8. The summed E-state index contributed by atoms with van der Waals surface area (Å²) in [6.45, 7) is 1.84. The highest BCUT2D eigenvalue weighted by molar-refractivity contribution is 5.94. The van der Waals surface area contributed by atoms with Crippen LogP contribution < -0.4 is 15.0 Å². The van der Waals surface area contributed by atoms with Crippen molar-refractivity contribution in [2.75, 3.05) is 25.1 Å². The van der Waals surface area contributed by atoms with Crippen molar-refractivity contribution < 1.29 is 13.9 Å². The minimum atomic E-state index is -0.426. The predicted octanol–water partition coefficient (Wildman–Crippen LogP) is 4.17. The standard InChI is InChI=1S/C24H28N4O3/c1-30-20-13-11-19(12-14-20)22(29)25-21(17-18-9-5-4-6-10-18)23-26-27-24(31-23)28-15-7-2-3-8-16-28/h4-6,9-14,21H,2-3,7-8,15-17H2,1H3,(H,25,29)/t21-/m1/s1. The topological polar surface area (TPSA) is 80.5 Å². The van der Waals surface area contributed by atoms with Crippen LogP contribution >= 0.6 is 0 Å². The van der Waals surface area contributed by atoms with Gasteiger partial charge in [0.15, 0.2) is 0 Å². The summed E-state index contributed by atoms with van der Waals surface area (Å²) in [4.78, 5) is 15.1. The fraction of sp³-hybridized carbons (Fsp3) is 0.375. The largest absolute Gasteiger partial charge is 0.497 e. The van der Waals surface area contributed by atoms with E-state index in [4.69, 9.17) is 9.15 Å². The van der Waals surface area contributed by atoms with E-state index in [1.54, 1.807) is 31.4 Å². The first-order valence-electron chi connectivity index (χ1n) is 10.8. The van der Waals surface area contributed by atoms with Gasteiger partial charge >= 0.3 is 6.01 Å². The number of nitrogens with one attached hydrogen (secondary N) is 1. The molecule has 7 heteroatoms. The van der Waals surface area contributed by atoms with Crippen LogP contribution in [0.5, 0.6) is 5.75 Å². The highest BCUT2D eigenvalue weighted by Crippen LogP contribution is 2.24. The third-order valence-corrected chi connectivity index (χ3v) is 5.54. The minimum Gasteiger partial charge on any atom is -0.497 e. The van der Waals surface area contributed by atoms with E-state index in [2.05, 4.69) is 20.4 Å². The summed E-state index contributed by atoms with van der Waals surface area (Å²) in [7, 11) is 1.60. The number of hydrogen-bond donors (Lipinski definition) is 1. The van der Waals surface area contributed by atoms with E-state index in [9.17, 15) is 4.79 Å². The molecule has 2 aromatic carbocycles. The molecule has 1 aliphatic heterocycles. The van der Waals surface area contributed by atoms with E-state index in [1.807, 2.05) is 30.3 Å². The Kier molecular flexibility index (Phi) is 6.82. The lowest BCUT2D eigenvalue weighted by molar-refractivity contribution is 0.0930. The normalized spacial score (nSPS) is 15.2. The number of hydrogen-bond acceptors (Lipinski definition) is 6. The highest BCUT2D eigenvalue weighted by Gasteiger charge is 2.24. The van der Waals surface area contributed by atoms with Gasteiger partial charge in [0.05, 0.1) is 7.11 Å². The number of rotatable bonds is 7. The lowest BCUT2D eigenvalue weighted by Gasteiger charge is -2.18. The molecule has 162 valence electrons. The van der Waals surface area contributed by atoms with Crippen molar-refractivity contribution >= 4 is 11.9 Å². The molecule has 1 N–H and O–H groups in total. The van der Waals surface area contributed by atoms with Crippen molar-refractivity contribution in [3.05, 3.63) is 71.6 Å². The van der Waals surface area contributed by atoms with Gasteiger partial charge in [0.1, 0.15) is 11.8 Å². The van der Waals surface area contributed by atoms with Crippen LogP contribution in [0.25, 0.3) is 0 Å². The van der Waals surface area contributed by atoms with Crippen molar-refractivity contribution in [2.45, 2.75) is 38.1 Å². The Morgan fingerprint density at radius 3 is 2.42 bits per heavy atom. The first kappa shape index (κ1) is 20.9. The number of carbonyl (C=O) groups excluding carboxylic acids is 1. The lowest BCUT2D eigenvalue weighted by atomic mass is 10.1. The van der Waals surface area contributed by atoms with Gasteiger partial charge < -0.3 is 19.4 Å². The number of benzene rings is 2. The van der Waals surface area contributed by atoms with Gasteiger partial charge in [0, 0.05) is 25.1 Å². The Labute approximate surface area is 182 Å². The predicted molar refractivity (Wildman–Crippen MR) is 118 cm³/mol. The first-order valence-corrected chi connectivity index (χ1v) is 10.8. The molecule has 0 radical (unpaired) electrons. The molecule has 1 amide bonds. The number of nitrogens with zero attached hydrogens (tertiary/aromatic N) is 3. The maximum absolute atomic E-state index is 12.9. The van der Waals surface area contributed by atoms with Gasteiger partial charge in [-0.1, -0.05) is 48.3 Å². The molecule has 2 heterocycles. The number of anilines is 1. The van der Waals surface area contributed by atoms with E-state index in [-0.39, 0.29) is 5.91 Å². The molecule has 4 rings (SSSR count). The molecule has 3 aromatic rings. The van der Waals surface area contributed by atoms with E-state index >= 15 is 0 Å². The zero-order valence-corrected chi connectivity index (χ0v) is 17.8. The second-order valence-corrected chi connectivity index (χ2v) is 7.77. The van der Waals surface area contributed by atoms with Crippen LogP contribution in [0.15, 0.2) is 59.0 Å². The van der Waals surface area contributed by atoms with Crippen molar-refractivity contribution in [1.29, 1.82) is 0 Å². The monoisotopic (exact) mass is 420 g/mol. The van der Waals surface area contributed by atoms with Gasteiger partial charge in [-0.15, -0.1) is 5.10 Å². The second-order valence-electron chi connectivity index (χ2n) is 7.77. The van der Waals surface area contributed by atoms with Crippen molar-refractivity contribution in [3.8, 4) is 5.75 Å². The van der Waals surface area contributed by atoms with E-state index in [1.165, 1.54) is 12.8 Å². The molecule has 0 aliphatic carbocycles. The molecule has 7 nitrogen and oxygen atoms in total. The van der Waals surface area contributed by atoms with Crippen LogP contribution in [0.4, 0.5) is 6.01 Å². The molecule has 1 atom stereocenters. The molecule has 31 heavy (non-hydrogen) atoms. The molecular weight excluding hydrogens is 392 g/mol. The fourth-order valence-corrected chi connectivity index (χ4v) is 3.79. The van der Waals surface area contributed by atoms with Crippen molar-refractivity contribution in [3.63, 3.8) is 0 Å². The summed E-state index contributed by atoms with van der Waals surface area (Å²) >= 11 is 0. The maximum Gasteiger partial charge on any atom is 0.318 e. The van der Waals surface area contributed by atoms with Gasteiger partial charge in [-0.25, -0.2) is 0 Å². The molecule has 0 saturated carbocycles. The number of carbonyl (C=O) groups is 1. The van der Waals surface area contributed by atoms with Crippen LogP contribution in [0.1, 0.15) is 53.5 Å². The Hall–Kier alpha value is -3.35. The van der Waals surface area contributed by atoms with Gasteiger partial charge in [-0.05, 0) is 42.7 Å². The van der Waals surface area contributed by atoms with Crippen LogP contribution in [0, 0.1) is 0 Å². The number of amides is 1. The van der Waals surface area contributed by atoms with Gasteiger partial charge in [0.2, 0.25) is 5.89 Å². The quantitative estimate of drug-likeness (QED) is 0.618.